The number of carbonyl (C=O) groups is 1. The zero-order valence-electron chi connectivity index (χ0n) is 12.4. The van der Waals surface area contributed by atoms with Gasteiger partial charge in [0.25, 0.3) is 0 Å². The Labute approximate surface area is 124 Å². The molecule has 0 aromatic carbocycles. The second-order valence-electron chi connectivity index (χ2n) is 6.25. The van der Waals surface area contributed by atoms with E-state index in [0.717, 1.165) is 23.6 Å². The third kappa shape index (κ3) is 3.39. The second kappa shape index (κ2) is 5.56. The summed E-state index contributed by atoms with van der Waals surface area (Å²) in [5.41, 5.74) is 0.686. The van der Waals surface area contributed by atoms with Gasteiger partial charge in [0.15, 0.2) is 0 Å². The van der Waals surface area contributed by atoms with Gasteiger partial charge in [-0.25, -0.2) is 9.97 Å². The zero-order chi connectivity index (χ0) is 14.9. The van der Waals surface area contributed by atoms with E-state index in [0.29, 0.717) is 18.1 Å². The van der Waals surface area contributed by atoms with Crippen molar-refractivity contribution in [2.24, 2.45) is 0 Å². The number of carbonyl (C=O) groups excluding carboxylic acids is 1. The molecule has 6 heteroatoms. The number of hydrogen-bond acceptors (Lipinski definition) is 4. The van der Waals surface area contributed by atoms with Crippen LogP contribution in [0.15, 0.2) is 0 Å². The lowest BCUT2D eigenvalue weighted by molar-refractivity contribution is -0.122. The van der Waals surface area contributed by atoms with E-state index in [-0.39, 0.29) is 17.4 Å². The Morgan fingerprint density at radius 1 is 1.35 bits per heavy atom. The first kappa shape index (κ1) is 15.0. The minimum atomic E-state index is -0.158. The molecule has 0 saturated carbocycles. The van der Waals surface area contributed by atoms with E-state index in [1.54, 1.807) is 0 Å². The molecule has 1 aromatic rings. The molecular weight excluding hydrogens is 276 g/mol. The van der Waals surface area contributed by atoms with Crippen molar-refractivity contribution in [2.75, 3.05) is 11.9 Å². The fraction of sp³-hybridized carbons (Fsp3) is 0.643. The van der Waals surface area contributed by atoms with Gasteiger partial charge in [0.2, 0.25) is 5.91 Å². The Balaban J connectivity index is 2.22. The molecule has 0 bridgehead atoms. The molecule has 1 fully saturated rings. The number of nitrogens with zero attached hydrogens (tertiary/aromatic N) is 2. The van der Waals surface area contributed by atoms with Crippen molar-refractivity contribution in [3.8, 4) is 0 Å². The molecule has 0 spiro atoms. The van der Waals surface area contributed by atoms with Crippen molar-refractivity contribution in [3.63, 3.8) is 0 Å². The lowest BCUT2D eigenvalue weighted by Gasteiger charge is -2.26. The molecule has 110 valence electrons. The van der Waals surface area contributed by atoms with Crippen LogP contribution < -0.4 is 10.6 Å². The number of anilines is 1. The van der Waals surface area contributed by atoms with Crippen molar-refractivity contribution in [3.05, 3.63) is 16.5 Å². The van der Waals surface area contributed by atoms with Crippen molar-refractivity contribution in [1.82, 2.24) is 15.3 Å². The molecule has 5 nitrogen and oxygen atoms in total. The molecule has 1 atom stereocenters. The fourth-order valence-electron chi connectivity index (χ4n) is 2.01. The summed E-state index contributed by atoms with van der Waals surface area (Å²) in [6.07, 6.45) is 1.35. The summed E-state index contributed by atoms with van der Waals surface area (Å²) in [5, 5.41) is 6.71. The molecule has 1 saturated heterocycles. The lowest BCUT2D eigenvalue weighted by Crippen LogP contribution is -2.42. The minimum Gasteiger partial charge on any atom is -0.365 e. The summed E-state index contributed by atoms with van der Waals surface area (Å²) < 4.78 is 0. The van der Waals surface area contributed by atoms with Crippen LogP contribution in [0.5, 0.6) is 0 Å². The van der Waals surface area contributed by atoms with Gasteiger partial charge < -0.3 is 10.6 Å². The summed E-state index contributed by atoms with van der Waals surface area (Å²) in [4.78, 5) is 20.1. The number of piperidine rings is 1. The molecule has 1 unspecified atom stereocenters. The van der Waals surface area contributed by atoms with Crippen molar-refractivity contribution in [2.45, 2.75) is 52.0 Å². The smallest absolute Gasteiger partial charge is 0.220 e. The molecule has 0 aliphatic carbocycles. The fourth-order valence-corrected chi connectivity index (χ4v) is 2.18. The van der Waals surface area contributed by atoms with E-state index >= 15 is 0 Å². The Morgan fingerprint density at radius 3 is 2.60 bits per heavy atom. The van der Waals surface area contributed by atoms with Gasteiger partial charge >= 0.3 is 0 Å². The molecule has 20 heavy (non-hydrogen) atoms. The first-order valence-corrected chi connectivity index (χ1v) is 7.23. The first-order chi connectivity index (χ1) is 9.27. The molecule has 2 N–H and O–H groups in total. The van der Waals surface area contributed by atoms with Gasteiger partial charge in [0, 0.05) is 30.0 Å². The Kier molecular flexibility index (Phi) is 4.18. The topological polar surface area (TPSA) is 66.9 Å². The Bertz CT molecular complexity index is 515. The SMILES string of the molecule is Cc1c(Cl)nc(C(C)(C)C)nc1NC1CCC(=O)NC1. The highest BCUT2D eigenvalue weighted by Gasteiger charge is 2.23. The van der Waals surface area contributed by atoms with Gasteiger partial charge in [-0.1, -0.05) is 32.4 Å². The third-order valence-corrected chi connectivity index (χ3v) is 3.73. The maximum absolute atomic E-state index is 11.2. The van der Waals surface area contributed by atoms with E-state index in [9.17, 15) is 4.79 Å². The Morgan fingerprint density at radius 2 is 2.05 bits per heavy atom. The van der Waals surface area contributed by atoms with Crippen molar-refractivity contribution in [1.29, 1.82) is 0 Å². The number of hydrogen-bond donors (Lipinski definition) is 2. The largest absolute Gasteiger partial charge is 0.365 e. The summed E-state index contributed by atoms with van der Waals surface area (Å²) in [6.45, 7) is 8.68. The maximum Gasteiger partial charge on any atom is 0.220 e. The van der Waals surface area contributed by atoms with E-state index in [1.807, 2.05) is 6.92 Å². The van der Waals surface area contributed by atoms with Crippen molar-refractivity contribution >= 4 is 23.3 Å². The zero-order valence-corrected chi connectivity index (χ0v) is 13.1. The quantitative estimate of drug-likeness (QED) is 0.823. The molecule has 1 aliphatic rings. The minimum absolute atomic E-state index is 0.107. The van der Waals surface area contributed by atoms with Gasteiger partial charge in [-0.15, -0.1) is 0 Å². The van der Waals surface area contributed by atoms with Crippen LogP contribution in [-0.4, -0.2) is 28.5 Å². The van der Waals surface area contributed by atoms with E-state index in [1.165, 1.54) is 0 Å². The highest BCUT2D eigenvalue weighted by molar-refractivity contribution is 6.30. The molecule has 1 aromatic heterocycles. The predicted molar refractivity (Wildman–Crippen MR) is 80.1 cm³/mol. The Hall–Kier alpha value is -1.36. The molecule has 2 heterocycles. The van der Waals surface area contributed by atoms with Crippen LogP contribution in [0.1, 0.15) is 45.0 Å². The highest BCUT2D eigenvalue weighted by Crippen LogP contribution is 2.26. The third-order valence-electron chi connectivity index (χ3n) is 3.36. The van der Waals surface area contributed by atoms with E-state index in [2.05, 4.69) is 41.4 Å². The van der Waals surface area contributed by atoms with Crippen molar-refractivity contribution < 1.29 is 4.79 Å². The molecule has 1 amide bonds. The normalized spacial score (nSPS) is 19.6. The van der Waals surface area contributed by atoms with Gasteiger partial charge in [-0.3, -0.25) is 4.79 Å². The average molecular weight is 297 g/mol. The number of nitrogens with one attached hydrogen (secondary N) is 2. The molecule has 0 radical (unpaired) electrons. The van der Waals surface area contributed by atoms with Gasteiger partial charge in [-0.05, 0) is 13.3 Å². The summed E-state index contributed by atoms with van der Waals surface area (Å²) >= 11 is 6.21. The van der Waals surface area contributed by atoms with Crippen LogP contribution in [-0.2, 0) is 10.2 Å². The second-order valence-corrected chi connectivity index (χ2v) is 6.60. The number of rotatable bonds is 2. The maximum atomic E-state index is 11.2. The molecule has 2 rings (SSSR count). The summed E-state index contributed by atoms with van der Waals surface area (Å²) in [7, 11) is 0. The highest BCUT2D eigenvalue weighted by atomic mass is 35.5. The molecular formula is C14H21ClN4O. The van der Waals surface area contributed by atoms with Gasteiger partial charge in [0.1, 0.15) is 16.8 Å². The van der Waals surface area contributed by atoms with E-state index in [4.69, 9.17) is 11.6 Å². The first-order valence-electron chi connectivity index (χ1n) is 6.85. The van der Waals surface area contributed by atoms with E-state index < -0.39 is 0 Å². The lowest BCUT2D eigenvalue weighted by atomic mass is 9.95. The average Bonchev–Trinajstić information content (AvgIpc) is 2.36. The monoisotopic (exact) mass is 296 g/mol. The molecule has 1 aliphatic heterocycles. The number of aromatic nitrogens is 2. The summed E-state index contributed by atoms with van der Waals surface area (Å²) in [5.74, 6) is 1.59. The summed E-state index contributed by atoms with van der Waals surface area (Å²) in [6, 6.07) is 0.185. The van der Waals surface area contributed by atoms with Crippen LogP contribution in [0.2, 0.25) is 5.15 Å². The standard InChI is InChI=1S/C14H21ClN4O/c1-8-11(15)18-13(14(2,3)4)19-12(8)17-9-5-6-10(20)16-7-9/h9H,5-7H2,1-4H3,(H,16,20)(H,17,18,19). The van der Waals surface area contributed by atoms with Crippen LogP contribution in [0, 0.1) is 6.92 Å². The number of halogens is 1. The van der Waals surface area contributed by atoms with Crippen LogP contribution in [0.4, 0.5) is 5.82 Å². The van der Waals surface area contributed by atoms with Crippen LogP contribution in [0.25, 0.3) is 0 Å². The van der Waals surface area contributed by atoms with Gasteiger partial charge in [0.05, 0.1) is 0 Å². The van der Waals surface area contributed by atoms with Crippen LogP contribution >= 0.6 is 11.6 Å². The predicted octanol–water partition coefficient (Wildman–Crippen LogP) is 2.43. The van der Waals surface area contributed by atoms with Gasteiger partial charge in [-0.2, -0.15) is 0 Å². The number of amides is 1. The van der Waals surface area contributed by atoms with Crippen LogP contribution in [0.3, 0.4) is 0 Å².